The molecular formula is C11H15N3O2. The van der Waals surface area contributed by atoms with Gasteiger partial charge in [-0.15, -0.1) is 0 Å². The standard InChI is InChI=1S/C11H15N3O2/c1-9(15)10-3-6-14(7-10)8-11(16)13-5-2-4-12/h3,6-7,9,15H,2,5,8H2,1H3,(H,13,16). The summed E-state index contributed by atoms with van der Waals surface area (Å²) in [6.45, 7) is 2.25. The van der Waals surface area contributed by atoms with E-state index in [1.807, 2.05) is 6.07 Å². The number of aromatic nitrogens is 1. The fourth-order valence-corrected chi connectivity index (χ4v) is 1.28. The fourth-order valence-electron chi connectivity index (χ4n) is 1.28. The first kappa shape index (κ1) is 12.3. The molecule has 1 heterocycles. The van der Waals surface area contributed by atoms with Crippen LogP contribution in [0.25, 0.3) is 0 Å². The molecule has 5 heteroatoms. The van der Waals surface area contributed by atoms with E-state index in [0.717, 1.165) is 5.56 Å². The van der Waals surface area contributed by atoms with E-state index in [2.05, 4.69) is 5.32 Å². The second-order valence-electron chi connectivity index (χ2n) is 3.55. The van der Waals surface area contributed by atoms with Crippen LogP contribution in [0.3, 0.4) is 0 Å². The van der Waals surface area contributed by atoms with Crippen molar-refractivity contribution in [2.45, 2.75) is 26.0 Å². The van der Waals surface area contributed by atoms with Crippen LogP contribution in [0.1, 0.15) is 25.0 Å². The molecule has 0 fully saturated rings. The molecule has 0 bridgehead atoms. The van der Waals surface area contributed by atoms with Crippen LogP contribution in [0.4, 0.5) is 0 Å². The van der Waals surface area contributed by atoms with Crippen molar-refractivity contribution in [1.29, 1.82) is 5.26 Å². The van der Waals surface area contributed by atoms with Crippen molar-refractivity contribution in [2.75, 3.05) is 6.54 Å². The Morgan fingerprint density at radius 2 is 2.50 bits per heavy atom. The molecular weight excluding hydrogens is 206 g/mol. The Hall–Kier alpha value is -1.80. The molecule has 86 valence electrons. The highest BCUT2D eigenvalue weighted by atomic mass is 16.3. The molecule has 1 aromatic rings. The molecule has 16 heavy (non-hydrogen) atoms. The Morgan fingerprint density at radius 3 is 3.06 bits per heavy atom. The van der Waals surface area contributed by atoms with Gasteiger partial charge >= 0.3 is 0 Å². The molecule has 0 aromatic carbocycles. The first-order chi connectivity index (χ1) is 7.63. The van der Waals surface area contributed by atoms with Gasteiger partial charge in [-0.2, -0.15) is 5.26 Å². The third-order valence-corrected chi connectivity index (χ3v) is 2.14. The number of aliphatic hydroxyl groups excluding tert-OH is 1. The second kappa shape index (κ2) is 5.93. The minimum absolute atomic E-state index is 0.136. The number of nitrogens with one attached hydrogen (secondary N) is 1. The molecule has 0 aliphatic heterocycles. The van der Waals surface area contributed by atoms with Crippen molar-refractivity contribution in [2.24, 2.45) is 0 Å². The summed E-state index contributed by atoms with van der Waals surface area (Å²) in [5, 5.41) is 20.2. The number of rotatable bonds is 5. The fraction of sp³-hybridized carbons (Fsp3) is 0.455. The number of amides is 1. The summed E-state index contributed by atoms with van der Waals surface area (Å²) in [5.74, 6) is -0.136. The van der Waals surface area contributed by atoms with Gasteiger partial charge in [0.15, 0.2) is 0 Å². The molecule has 1 amide bonds. The van der Waals surface area contributed by atoms with Crippen molar-refractivity contribution in [3.05, 3.63) is 24.0 Å². The number of nitriles is 1. The zero-order chi connectivity index (χ0) is 12.0. The molecule has 5 nitrogen and oxygen atoms in total. The summed E-state index contributed by atoms with van der Waals surface area (Å²) >= 11 is 0. The van der Waals surface area contributed by atoms with Gasteiger partial charge in [-0.3, -0.25) is 4.79 Å². The normalized spacial score (nSPS) is 11.8. The quantitative estimate of drug-likeness (QED) is 0.713. The lowest BCUT2D eigenvalue weighted by Gasteiger charge is -2.04. The summed E-state index contributed by atoms with van der Waals surface area (Å²) in [7, 11) is 0. The van der Waals surface area contributed by atoms with Crippen molar-refractivity contribution in [3.8, 4) is 6.07 Å². The van der Waals surface area contributed by atoms with Crippen molar-refractivity contribution in [3.63, 3.8) is 0 Å². The molecule has 1 unspecified atom stereocenters. The lowest BCUT2D eigenvalue weighted by atomic mass is 10.2. The highest BCUT2D eigenvalue weighted by Gasteiger charge is 2.05. The monoisotopic (exact) mass is 221 g/mol. The Labute approximate surface area is 94.3 Å². The number of hydrogen-bond donors (Lipinski definition) is 2. The molecule has 0 saturated carbocycles. The third kappa shape index (κ3) is 3.75. The number of nitrogens with zero attached hydrogens (tertiary/aromatic N) is 2. The Kier molecular flexibility index (Phi) is 4.55. The average Bonchev–Trinajstić information content (AvgIpc) is 2.66. The molecule has 1 aromatic heterocycles. The first-order valence-corrected chi connectivity index (χ1v) is 5.11. The SMILES string of the molecule is CC(O)c1ccn(CC(=O)NCCC#N)c1. The molecule has 0 spiro atoms. The van der Waals surface area contributed by atoms with Gasteiger partial charge in [-0.1, -0.05) is 0 Å². The maximum atomic E-state index is 11.4. The van der Waals surface area contributed by atoms with Crippen LogP contribution in [-0.4, -0.2) is 22.1 Å². The Morgan fingerprint density at radius 1 is 1.75 bits per heavy atom. The van der Waals surface area contributed by atoms with E-state index in [1.165, 1.54) is 0 Å². The van der Waals surface area contributed by atoms with Crippen LogP contribution in [0.15, 0.2) is 18.5 Å². The van der Waals surface area contributed by atoms with Crippen LogP contribution in [0, 0.1) is 11.3 Å². The van der Waals surface area contributed by atoms with Crippen molar-refractivity contribution >= 4 is 5.91 Å². The van der Waals surface area contributed by atoms with Gasteiger partial charge in [-0.05, 0) is 18.6 Å². The maximum absolute atomic E-state index is 11.4. The lowest BCUT2D eigenvalue weighted by molar-refractivity contribution is -0.121. The zero-order valence-corrected chi connectivity index (χ0v) is 9.18. The summed E-state index contributed by atoms with van der Waals surface area (Å²) < 4.78 is 1.70. The van der Waals surface area contributed by atoms with Crippen LogP contribution in [-0.2, 0) is 11.3 Å². The minimum atomic E-state index is -0.525. The highest BCUT2D eigenvalue weighted by Crippen LogP contribution is 2.11. The van der Waals surface area contributed by atoms with E-state index in [9.17, 15) is 9.90 Å². The van der Waals surface area contributed by atoms with E-state index in [1.54, 1.807) is 30.0 Å². The number of aliphatic hydroxyl groups is 1. The summed E-state index contributed by atoms with van der Waals surface area (Å²) in [5.41, 5.74) is 0.782. The lowest BCUT2D eigenvalue weighted by Crippen LogP contribution is -2.27. The van der Waals surface area contributed by atoms with E-state index in [-0.39, 0.29) is 12.5 Å². The van der Waals surface area contributed by atoms with Crippen molar-refractivity contribution in [1.82, 2.24) is 9.88 Å². The molecule has 2 N–H and O–H groups in total. The van der Waals surface area contributed by atoms with Crippen LogP contribution in [0.5, 0.6) is 0 Å². The third-order valence-electron chi connectivity index (χ3n) is 2.14. The van der Waals surface area contributed by atoms with Gasteiger partial charge in [0.1, 0.15) is 6.54 Å². The zero-order valence-electron chi connectivity index (χ0n) is 9.18. The predicted octanol–water partition coefficient (Wildman–Crippen LogP) is 0.571. The molecule has 1 atom stereocenters. The van der Waals surface area contributed by atoms with E-state index < -0.39 is 6.10 Å². The van der Waals surface area contributed by atoms with Gasteiger partial charge in [0.2, 0.25) is 5.91 Å². The van der Waals surface area contributed by atoms with Gasteiger partial charge in [-0.25, -0.2) is 0 Å². The highest BCUT2D eigenvalue weighted by molar-refractivity contribution is 5.75. The smallest absolute Gasteiger partial charge is 0.239 e. The van der Waals surface area contributed by atoms with Crippen LogP contribution in [0.2, 0.25) is 0 Å². The molecule has 0 radical (unpaired) electrons. The maximum Gasteiger partial charge on any atom is 0.239 e. The Bertz CT molecular complexity index is 390. The van der Waals surface area contributed by atoms with Crippen LogP contribution >= 0.6 is 0 Å². The molecule has 0 aliphatic rings. The molecule has 0 aliphatic carbocycles. The van der Waals surface area contributed by atoms with Gasteiger partial charge in [0.05, 0.1) is 18.6 Å². The average molecular weight is 221 g/mol. The number of carbonyl (C=O) groups excluding carboxylic acids is 1. The van der Waals surface area contributed by atoms with Gasteiger partial charge in [0, 0.05) is 18.9 Å². The summed E-state index contributed by atoms with van der Waals surface area (Å²) in [6.07, 6.45) is 3.26. The van der Waals surface area contributed by atoms with Crippen LogP contribution < -0.4 is 5.32 Å². The van der Waals surface area contributed by atoms with E-state index in [4.69, 9.17) is 5.26 Å². The van der Waals surface area contributed by atoms with Gasteiger partial charge < -0.3 is 15.0 Å². The topological polar surface area (TPSA) is 78.1 Å². The molecule has 0 saturated heterocycles. The number of carbonyl (C=O) groups is 1. The summed E-state index contributed by atoms with van der Waals surface area (Å²) in [4.78, 5) is 11.4. The largest absolute Gasteiger partial charge is 0.389 e. The first-order valence-electron chi connectivity index (χ1n) is 5.11. The number of hydrogen-bond acceptors (Lipinski definition) is 3. The van der Waals surface area contributed by atoms with Gasteiger partial charge in [0.25, 0.3) is 0 Å². The summed E-state index contributed by atoms with van der Waals surface area (Å²) in [6, 6.07) is 3.72. The Balaban J connectivity index is 2.41. The second-order valence-corrected chi connectivity index (χ2v) is 3.55. The minimum Gasteiger partial charge on any atom is -0.389 e. The van der Waals surface area contributed by atoms with Crippen molar-refractivity contribution < 1.29 is 9.90 Å². The van der Waals surface area contributed by atoms with E-state index >= 15 is 0 Å². The molecule has 1 rings (SSSR count). The predicted molar refractivity (Wildman–Crippen MR) is 58.3 cm³/mol. The van der Waals surface area contributed by atoms with E-state index in [0.29, 0.717) is 13.0 Å².